The maximum atomic E-state index is 13.6. The Kier molecular flexibility index (Phi) is 7.72. The van der Waals surface area contributed by atoms with Gasteiger partial charge in [-0.2, -0.15) is 0 Å². The van der Waals surface area contributed by atoms with Crippen molar-refractivity contribution in [3.8, 4) is 0 Å². The molecule has 1 aromatic carbocycles. The molecule has 0 aliphatic heterocycles. The van der Waals surface area contributed by atoms with Crippen molar-refractivity contribution in [2.45, 2.75) is 19.8 Å². The van der Waals surface area contributed by atoms with Crippen LogP contribution in [0.25, 0.3) is 0 Å². The number of ether oxygens (including phenoxy) is 1. The molecule has 1 aromatic rings. The van der Waals surface area contributed by atoms with E-state index in [1.807, 2.05) is 6.92 Å². The van der Waals surface area contributed by atoms with E-state index < -0.39 is 0 Å². The van der Waals surface area contributed by atoms with Crippen LogP contribution in [-0.4, -0.2) is 26.8 Å². The van der Waals surface area contributed by atoms with Gasteiger partial charge in [-0.05, 0) is 44.0 Å². The van der Waals surface area contributed by atoms with E-state index in [1.54, 1.807) is 19.2 Å². The summed E-state index contributed by atoms with van der Waals surface area (Å²) < 4.78 is 18.5. The number of nitrogens with one attached hydrogen (secondary N) is 1. The highest BCUT2D eigenvalue weighted by Gasteiger charge is 2.03. The molecule has 0 atom stereocenters. The highest BCUT2D eigenvalue weighted by atomic mass is 35.5. The van der Waals surface area contributed by atoms with Gasteiger partial charge in [-0.15, -0.1) is 0 Å². The Balaban J connectivity index is 2.35. The number of rotatable bonds is 8. The minimum Gasteiger partial charge on any atom is -0.383 e. The predicted molar refractivity (Wildman–Crippen MR) is 78.2 cm³/mol. The molecule has 0 spiro atoms. The van der Waals surface area contributed by atoms with Crippen LogP contribution in [0.2, 0.25) is 5.02 Å². The smallest absolute Gasteiger partial charge is 0.128 e. The average molecular weight is 286 g/mol. The van der Waals surface area contributed by atoms with Gasteiger partial charge in [0.05, 0.1) is 6.61 Å². The molecule has 0 heterocycles. The van der Waals surface area contributed by atoms with E-state index in [0.29, 0.717) is 17.0 Å². The molecule has 4 heteroatoms. The highest BCUT2D eigenvalue weighted by molar-refractivity contribution is 6.30. The van der Waals surface area contributed by atoms with Gasteiger partial charge >= 0.3 is 0 Å². The molecule has 19 heavy (non-hydrogen) atoms. The van der Waals surface area contributed by atoms with E-state index in [2.05, 4.69) is 11.4 Å². The Morgan fingerprint density at radius 2 is 2.21 bits per heavy atom. The van der Waals surface area contributed by atoms with Crippen LogP contribution in [0.5, 0.6) is 0 Å². The first-order valence-corrected chi connectivity index (χ1v) is 6.80. The number of benzene rings is 1. The summed E-state index contributed by atoms with van der Waals surface area (Å²) in [4.78, 5) is 0. The van der Waals surface area contributed by atoms with Crippen LogP contribution in [-0.2, 0) is 11.2 Å². The van der Waals surface area contributed by atoms with Gasteiger partial charge in [0.15, 0.2) is 0 Å². The minimum absolute atomic E-state index is 0.238. The summed E-state index contributed by atoms with van der Waals surface area (Å²) in [7, 11) is 1.69. The molecule has 0 aliphatic carbocycles. The van der Waals surface area contributed by atoms with Crippen LogP contribution in [0, 0.1) is 5.82 Å². The van der Waals surface area contributed by atoms with Gasteiger partial charge in [0.2, 0.25) is 0 Å². The van der Waals surface area contributed by atoms with Crippen molar-refractivity contribution in [1.29, 1.82) is 0 Å². The van der Waals surface area contributed by atoms with E-state index in [0.717, 1.165) is 31.7 Å². The van der Waals surface area contributed by atoms with Crippen molar-refractivity contribution in [2.75, 3.05) is 26.8 Å². The van der Waals surface area contributed by atoms with E-state index in [4.69, 9.17) is 16.3 Å². The molecule has 0 bridgehead atoms. The maximum absolute atomic E-state index is 13.6. The second kappa shape index (κ2) is 9.08. The normalized spacial score (nSPS) is 11.9. The number of halogens is 2. The van der Waals surface area contributed by atoms with E-state index in [1.165, 1.54) is 6.07 Å². The van der Waals surface area contributed by atoms with Gasteiger partial charge in [0, 0.05) is 18.7 Å². The third-order valence-corrected chi connectivity index (χ3v) is 3.02. The summed E-state index contributed by atoms with van der Waals surface area (Å²) in [6, 6.07) is 4.82. The zero-order valence-corrected chi connectivity index (χ0v) is 12.3. The Bertz CT molecular complexity index is 421. The molecule has 2 nitrogen and oxygen atoms in total. The second-order valence-corrected chi connectivity index (χ2v) is 4.93. The highest BCUT2D eigenvalue weighted by Crippen LogP contribution is 2.17. The molecule has 1 rings (SSSR count). The predicted octanol–water partition coefficient (Wildman–Crippen LogP) is 3.59. The summed E-state index contributed by atoms with van der Waals surface area (Å²) in [5, 5.41) is 3.70. The molecule has 0 unspecified atom stereocenters. The first-order valence-electron chi connectivity index (χ1n) is 6.42. The maximum Gasteiger partial charge on any atom is 0.128 e. The van der Waals surface area contributed by atoms with E-state index in [9.17, 15) is 4.39 Å². The Labute approximate surface area is 119 Å². The molecular formula is C15H21ClFNO. The van der Waals surface area contributed by atoms with Crippen LogP contribution < -0.4 is 5.32 Å². The summed E-state index contributed by atoms with van der Waals surface area (Å²) in [5.41, 5.74) is 1.85. The van der Waals surface area contributed by atoms with E-state index >= 15 is 0 Å². The Morgan fingerprint density at radius 1 is 1.42 bits per heavy atom. The van der Waals surface area contributed by atoms with Gasteiger partial charge < -0.3 is 10.1 Å². The fourth-order valence-corrected chi connectivity index (χ4v) is 1.92. The van der Waals surface area contributed by atoms with Crippen LogP contribution in [0.3, 0.4) is 0 Å². The van der Waals surface area contributed by atoms with E-state index in [-0.39, 0.29) is 5.82 Å². The number of hydrogen-bond donors (Lipinski definition) is 1. The quantitative estimate of drug-likeness (QED) is 0.582. The van der Waals surface area contributed by atoms with Crippen LogP contribution >= 0.6 is 11.6 Å². The van der Waals surface area contributed by atoms with Gasteiger partial charge in [0.25, 0.3) is 0 Å². The third-order valence-electron chi connectivity index (χ3n) is 2.78. The van der Waals surface area contributed by atoms with Gasteiger partial charge in [-0.1, -0.05) is 29.3 Å². The lowest BCUT2D eigenvalue weighted by Crippen LogP contribution is -2.19. The fraction of sp³-hybridized carbons (Fsp3) is 0.467. The molecule has 0 fully saturated rings. The molecule has 0 aromatic heterocycles. The molecule has 0 amide bonds. The average Bonchev–Trinajstić information content (AvgIpc) is 2.37. The van der Waals surface area contributed by atoms with Gasteiger partial charge in [-0.25, -0.2) is 4.39 Å². The molecule has 0 radical (unpaired) electrons. The number of allylic oxidation sites excluding steroid dienone is 1. The van der Waals surface area contributed by atoms with Crippen molar-refractivity contribution in [1.82, 2.24) is 5.32 Å². The van der Waals surface area contributed by atoms with Crippen molar-refractivity contribution < 1.29 is 9.13 Å². The third kappa shape index (κ3) is 6.71. The van der Waals surface area contributed by atoms with Crippen LogP contribution in [0.4, 0.5) is 4.39 Å². The lowest BCUT2D eigenvalue weighted by Gasteiger charge is -2.05. The van der Waals surface area contributed by atoms with Crippen molar-refractivity contribution in [2.24, 2.45) is 0 Å². The fourth-order valence-electron chi connectivity index (χ4n) is 1.76. The number of hydrogen-bond acceptors (Lipinski definition) is 2. The molecule has 0 saturated heterocycles. The molecule has 0 aliphatic rings. The largest absolute Gasteiger partial charge is 0.383 e. The van der Waals surface area contributed by atoms with Gasteiger partial charge in [0.1, 0.15) is 5.82 Å². The summed E-state index contributed by atoms with van der Waals surface area (Å²) in [5.74, 6) is -0.238. The number of methoxy groups -OCH3 is 1. The van der Waals surface area contributed by atoms with Crippen LogP contribution in [0.15, 0.2) is 29.8 Å². The minimum atomic E-state index is -0.238. The summed E-state index contributed by atoms with van der Waals surface area (Å²) in [6.07, 6.45) is 3.69. The Morgan fingerprint density at radius 3 is 2.89 bits per heavy atom. The zero-order chi connectivity index (χ0) is 14.1. The lowest BCUT2D eigenvalue weighted by atomic mass is 10.1. The topological polar surface area (TPSA) is 21.3 Å². The van der Waals surface area contributed by atoms with Crippen molar-refractivity contribution in [3.05, 3.63) is 46.3 Å². The van der Waals surface area contributed by atoms with Gasteiger partial charge in [-0.3, -0.25) is 0 Å². The molecule has 106 valence electrons. The molecular weight excluding hydrogens is 265 g/mol. The molecule has 1 N–H and O–H groups in total. The SMILES string of the molecule is COCCNCC/C=C(/C)Cc1ccc(Cl)cc1F. The summed E-state index contributed by atoms with van der Waals surface area (Å²) in [6.45, 7) is 4.50. The second-order valence-electron chi connectivity index (χ2n) is 4.49. The molecule has 0 saturated carbocycles. The monoisotopic (exact) mass is 285 g/mol. The summed E-state index contributed by atoms with van der Waals surface area (Å²) >= 11 is 5.72. The lowest BCUT2D eigenvalue weighted by molar-refractivity contribution is 0.199. The van der Waals surface area contributed by atoms with Crippen LogP contribution in [0.1, 0.15) is 18.9 Å². The standard InChI is InChI=1S/C15H21ClFNO/c1-12(4-3-7-18-8-9-19-2)10-13-5-6-14(16)11-15(13)17/h4-6,11,18H,3,7-10H2,1-2H3/b12-4-. The van der Waals surface area contributed by atoms with Crippen molar-refractivity contribution >= 4 is 11.6 Å². The zero-order valence-electron chi connectivity index (χ0n) is 11.5. The Hall–Kier alpha value is -0.900. The first kappa shape index (κ1) is 16.2. The van der Waals surface area contributed by atoms with Crippen molar-refractivity contribution in [3.63, 3.8) is 0 Å². The first-order chi connectivity index (χ1) is 9.13.